The molecule has 0 saturated heterocycles. The van der Waals surface area contributed by atoms with Crippen LogP contribution in [0.5, 0.6) is 0 Å². The van der Waals surface area contributed by atoms with E-state index in [1.54, 1.807) is 16.9 Å². The molecule has 2 N–H and O–H groups in total. The van der Waals surface area contributed by atoms with Gasteiger partial charge >= 0.3 is 0 Å². The zero-order chi connectivity index (χ0) is 10.8. The first-order chi connectivity index (χ1) is 7.16. The minimum absolute atomic E-state index is 0.631. The first kappa shape index (κ1) is 10.5. The van der Waals surface area contributed by atoms with Crippen molar-refractivity contribution in [1.29, 1.82) is 0 Å². The number of rotatable bonds is 2. The number of nitrogens with zero attached hydrogens (tertiary/aromatic N) is 2. The van der Waals surface area contributed by atoms with Crippen molar-refractivity contribution in [1.82, 2.24) is 9.78 Å². The van der Waals surface area contributed by atoms with Gasteiger partial charge < -0.3 is 5.73 Å². The van der Waals surface area contributed by atoms with Gasteiger partial charge in [0.1, 0.15) is 5.82 Å². The van der Waals surface area contributed by atoms with Crippen LogP contribution in [-0.2, 0) is 6.54 Å². The summed E-state index contributed by atoms with van der Waals surface area (Å²) in [6.45, 7) is 0.631. The molecule has 0 radical (unpaired) electrons. The van der Waals surface area contributed by atoms with Gasteiger partial charge in [-0.15, -0.1) is 0 Å². The fraction of sp³-hybridized carbons (Fsp3) is 0.100. The number of nitrogens with two attached hydrogens (primary N) is 1. The van der Waals surface area contributed by atoms with Gasteiger partial charge in [-0.05, 0) is 39.7 Å². The van der Waals surface area contributed by atoms with E-state index in [1.165, 1.54) is 0 Å². The lowest BCUT2D eigenvalue weighted by Gasteiger charge is -2.05. The molecule has 2 rings (SSSR count). The van der Waals surface area contributed by atoms with Crippen LogP contribution < -0.4 is 5.73 Å². The molecule has 2 aromatic rings. The summed E-state index contributed by atoms with van der Waals surface area (Å²) in [6, 6.07) is 7.56. The van der Waals surface area contributed by atoms with Crippen LogP contribution >= 0.6 is 27.5 Å². The highest BCUT2D eigenvalue weighted by Gasteiger charge is 2.02. The SMILES string of the molecule is Nc1ccnn1Cc1ccc(Br)c(Cl)c1. The molecule has 0 fully saturated rings. The van der Waals surface area contributed by atoms with Crippen LogP contribution in [0.4, 0.5) is 5.82 Å². The van der Waals surface area contributed by atoms with Gasteiger partial charge in [-0.25, -0.2) is 4.68 Å². The largest absolute Gasteiger partial charge is 0.384 e. The molecular formula is C10H9BrClN3. The third-order valence-electron chi connectivity index (χ3n) is 2.07. The Labute approximate surface area is 101 Å². The smallest absolute Gasteiger partial charge is 0.122 e. The van der Waals surface area contributed by atoms with E-state index in [0.717, 1.165) is 10.0 Å². The van der Waals surface area contributed by atoms with E-state index in [-0.39, 0.29) is 0 Å². The van der Waals surface area contributed by atoms with Gasteiger partial charge in [0, 0.05) is 4.47 Å². The van der Waals surface area contributed by atoms with E-state index in [1.807, 2.05) is 18.2 Å². The average Bonchev–Trinajstić information content (AvgIpc) is 2.59. The zero-order valence-electron chi connectivity index (χ0n) is 7.82. The second-order valence-electron chi connectivity index (χ2n) is 3.16. The highest BCUT2D eigenvalue weighted by Crippen LogP contribution is 2.23. The molecule has 3 nitrogen and oxygen atoms in total. The molecule has 1 aromatic heterocycles. The van der Waals surface area contributed by atoms with Crippen molar-refractivity contribution in [2.75, 3.05) is 5.73 Å². The quantitative estimate of drug-likeness (QED) is 0.922. The van der Waals surface area contributed by atoms with Gasteiger partial charge in [0.2, 0.25) is 0 Å². The second-order valence-corrected chi connectivity index (χ2v) is 4.42. The van der Waals surface area contributed by atoms with Crippen LogP contribution in [0.3, 0.4) is 0 Å². The molecular weight excluding hydrogens is 277 g/mol. The topological polar surface area (TPSA) is 43.8 Å². The van der Waals surface area contributed by atoms with Crippen LogP contribution in [0.15, 0.2) is 34.9 Å². The second kappa shape index (κ2) is 4.24. The average molecular weight is 287 g/mol. The van der Waals surface area contributed by atoms with Gasteiger partial charge in [0.25, 0.3) is 0 Å². The molecule has 0 atom stereocenters. The molecule has 0 amide bonds. The van der Waals surface area contributed by atoms with Crippen molar-refractivity contribution in [3.8, 4) is 0 Å². The summed E-state index contributed by atoms with van der Waals surface area (Å²) in [7, 11) is 0. The molecule has 1 aromatic carbocycles. The van der Waals surface area contributed by atoms with Gasteiger partial charge in [0.15, 0.2) is 0 Å². The van der Waals surface area contributed by atoms with Crippen LogP contribution in [0, 0.1) is 0 Å². The molecule has 0 aliphatic heterocycles. The van der Waals surface area contributed by atoms with Crippen molar-refractivity contribution >= 4 is 33.3 Å². The van der Waals surface area contributed by atoms with Gasteiger partial charge in [-0.1, -0.05) is 17.7 Å². The summed E-state index contributed by atoms with van der Waals surface area (Å²) in [5, 5.41) is 4.79. The maximum atomic E-state index is 5.99. The summed E-state index contributed by atoms with van der Waals surface area (Å²) in [5.74, 6) is 0.647. The van der Waals surface area contributed by atoms with Crippen molar-refractivity contribution in [3.05, 3.63) is 45.5 Å². The summed E-state index contributed by atoms with van der Waals surface area (Å²) < 4.78 is 2.61. The van der Waals surface area contributed by atoms with Crippen LogP contribution in [-0.4, -0.2) is 9.78 Å². The van der Waals surface area contributed by atoms with Gasteiger partial charge in [0.05, 0.1) is 17.8 Å². The van der Waals surface area contributed by atoms with Crippen molar-refractivity contribution in [2.45, 2.75) is 6.54 Å². The van der Waals surface area contributed by atoms with E-state index in [9.17, 15) is 0 Å². The van der Waals surface area contributed by atoms with Crippen LogP contribution in [0.2, 0.25) is 5.02 Å². The van der Waals surface area contributed by atoms with E-state index in [2.05, 4.69) is 21.0 Å². The summed E-state index contributed by atoms with van der Waals surface area (Å²) in [6.07, 6.45) is 1.68. The van der Waals surface area contributed by atoms with Crippen molar-refractivity contribution in [2.24, 2.45) is 0 Å². The lowest BCUT2D eigenvalue weighted by molar-refractivity contribution is 0.697. The number of aromatic nitrogens is 2. The Morgan fingerprint density at radius 2 is 2.20 bits per heavy atom. The molecule has 1 heterocycles. The predicted octanol–water partition coefficient (Wildman–Crippen LogP) is 2.93. The van der Waals surface area contributed by atoms with Crippen molar-refractivity contribution < 1.29 is 0 Å². The maximum Gasteiger partial charge on any atom is 0.122 e. The van der Waals surface area contributed by atoms with Crippen LogP contribution in [0.1, 0.15) is 5.56 Å². The number of benzene rings is 1. The Kier molecular flexibility index (Phi) is 2.98. The zero-order valence-corrected chi connectivity index (χ0v) is 10.2. The van der Waals surface area contributed by atoms with Gasteiger partial charge in [-0.2, -0.15) is 5.10 Å². The molecule has 0 aliphatic carbocycles. The predicted molar refractivity (Wildman–Crippen MR) is 64.9 cm³/mol. The third-order valence-corrected chi connectivity index (χ3v) is 3.30. The normalized spacial score (nSPS) is 10.5. The number of hydrogen-bond donors (Lipinski definition) is 1. The molecule has 5 heteroatoms. The minimum atomic E-state index is 0.631. The number of anilines is 1. The highest BCUT2D eigenvalue weighted by molar-refractivity contribution is 9.10. The molecule has 0 aliphatic rings. The summed E-state index contributed by atoms with van der Waals surface area (Å²) in [5.41, 5.74) is 6.78. The van der Waals surface area contributed by atoms with E-state index in [0.29, 0.717) is 17.4 Å². The summed E-state index contributed by atoms with van der Waals surface area (Å²) in [4.78, 5) is 0. The summed E-state index contributed by atoms with van der Waals surface area (Å²) >= 11 is 9.33. The first-order valence-electron chi connectivity index (χ1n) is 4.38. The molecule has 0 bridgehead atoms. The number of hydrogen-bond acceptors (Lipinski definition) is 2. The molecule has 0 unspecified atom stereocenters. The standard InChI is InChI=1S/C10H9BrClN3/c11-8-2-1-7(5-9(8)12)6-15-10(13)3-4-14-15/h1-5H,6,13H2. The lowest BCUT2D eigenvalue weighted by Crippen LogP contribution is -2.05. The van der Waals surface area contributed by atoms with E-state index < -0.39 is 0 Å². The highest BCUT2D eigenvalue weighted by atomic mass is 79.9. The Hall–Kier alpha value is -1.000. The lowest BCUT2D eigenvalue weighted by atomic mass is 10.2. The number of halogens is 2. The van der Waals surface area contributed by atoms with Crippen molar-refractivity contribution in [3.63, 3.8) is 0 Å². The molecule has 15 heavy (non-hydrogen) atoms. The molecule has 0 spiro atoms. The Morgan fingerprint density at radius 1 is 1.40 bits per heavy atom. The first-order valence-corrected chi connectivity index (χ1v) is 5.55. The fourth-order valence-electron chi connectivity index (χ4n) is 1.29. The monoisotopic (exact) mass is 285 g/mol. The van der Waals surface area contributed by atoms with E-state index in [4.69, 9.17) is 17.3 Å². The molecule has 0 saturated carbocycles. The van der Waals surface area contributed by atoms with Gasteiger partial charge in [-0.3, -0.25) is 0 Å². The fourth-order valence-corrected chi connectivity index (χ4v) is 1.74. The van der Waals surface area contributed by atoms with Crippen LogP contribution in [0.25, 0.3) is 0 Å². The molecule has 78 valence electrons. The minimum Gasteiger partial charge on any atom is -0.384 e. The Morgan fingerprint density at radius 3 is 2.80 bits per heavy atom. The maximum absolute atomic E-state index is 5.99. The number of nitrogen functional groups attached to an aromatic ring is 1. The van der Waals surface area contributed by atoms with E-state index >= 15 is 0 Å². The Balaban J connectivity index is 2.25. The third kappa shape index (κ3) is 2.33. The Bertz CT molecular complexity index is 481.